The fraction of sp³-hybridized carbons (Fsp3) is 0.905. The zero-order valence-electron chi connectivity index (χ0n) is 15.7. The Morgan fingerprint density at radius 3 is 2.78 bits per heavy atom. The quantitative estimate of drug-likeness (QED) is 0.610. The summed E-state index contributed by atoms with van der Waals surface area (Å²) in [5, 5.41) is 31.9. The summed E-state index contributed by atoms with van der Waals surface area (Å²) in [5.74, 6) is 0.559. The first-order valence-electron chi connectivity index (χ1n) is 10.5. The Morgan fingerprint density at radius 2 is 2.04 bits per heavy atom. The summed E-state index contributed by atoms with van der Waals surface area (Å²) in [4.78, 5) is 24.7. The van der Waals surface area contributed by atoms with Crippen molar-refractivity contribution in [2.24, 2.45) is 34.5 Å². The first kappa shape index (κ1) is 17.1. The van der Waals surface area contributed by atoms with E-state index >= 15 is 0 Å². The van der Waals surface area contributed by atoms with Crippen LogP contribution in [-0.4, -0.2) is 56.9 Å². The van der Waals surface area contributed by atoms with Crippen LogP contribution in [0.25, 0.3) is 0 Å². The van der Waals surface area contributed by atoms with Gasteiger partial charge < -0.3 is 20.1 Å². The molecule has 5 aliphatic carbocycles. The van der Waals surface area contributed by atoms with Crippen LogP contribution in [0.15, 0.2) is 0 Å². The topological polar surface area (TPSA) is 107 Å². The first-order valence-corrected chi connectivity index (χ1v) is 10.5. The van der Waals surface area contributed by atoms with Crippen LogP contribution in [0.2, 0.25) is 0 Å². The van der Waals surface area contributed by atoms with Gasteiger partial charge in [0, 0.05) is 17.3 Å². The molecule has 6 aliphatic rings. The van der Waals surface area contributed by atoms with Crippen LogP contribution in [0.5, 0.6) is 0 Å². The van der Waals surface area contributed by atoms with Gasteiger partial charge in [0.2, 0.25) is 0 Å². The van der Waals surface area contributed by atoms with Crippen molar-refractivity contribution in [3.05, 3.63) is 0 Å². The normalized spacial score (nSPS) is 62.6. The molecule has 8 unspecified atom stereocenters. The maximum absolute atomic E-state index is 12.4. The Balaban J connectivity index is 1.40. The lowest BCUT2D eigenvalue weighted by atomic mass is 9.46. The molecule has 1 aliphatic heterocycles. The van der Waals surface area contributed by atoms with E-state index in [1.165, 1.54) is 0 Å². The number of aliphatic hydroxyl groups excluding tert-OH is 2. The minimum Gasteiger partial charge on any atom is -0.393 e. The van der Waals surface area contributed by atoms with E-state index in [2.05, 4.69) is 0 Å². The van der Waals surface area contributed by atoms with Gasteiger partial charge in [-0.15, -0.1) is 0 Å². The Labute approximate surface area is 158 Å². The molecule has 6 fully saturated rings. The third kappa shape index (κ3) is 1.59. The van der Waals surface area contributed by atoms with Crippen LogP contribution in [-0.2, 0) is 14.3 Å². The predicted octanol–water partition coefficient (Wildman–Crippen LogP) is 0.603. The molecule has 0 aromatic rings. The Hall–Kier alpha value is -0.820. The van der Waals surface area contributed by atoms with Crippen molar-refractivity contribution in [2.75, 3.05) is 6.61 Å². The maximum atomic E-state index is 12.4. The monoisotopic (exact) mass is 376 g/mol. The van der Waals surface area contributed by atoms with Crippen LogP contribution in [0.1, 0.15) is 51.9 Å². The fourth-order valence-electron chi connectivity index (χ4n) is 8.90. The molecule has 0 aromatic carbocycles. The lowest BCUT2D eigenvalue weighted by Gasteiger charge is -2.58. The first-order chi connectivity index (χ1) is 12.7. The van der Waals surface area contributed by atoms with Gasteiger partial charge in [-0.3, -0.25) is 9.59 Å². The predicted molar refractivity (Wildman–Crippen MR) is 92.5 cm³/mol. The molecule has 5 saturated carbocycles. The van der Waals surface area contributed by atoms with Gasteiger partial charge >= 0.3 is 0 Å². The molecule has 0 radical (unpaired) electrons. The summed E-state index contributed by atoms with van der Waals surface area (Å²) < 4.78 is 6.06. The van der Waals surface area contributed by atoms with Crippen molar-refractivity contribution >= 4 is 11.6 Å². The molecule has 2 spiro atoms. The van der Waals surface area contributed by atoms with Crippen molar-refractivity contribution in [1.82, 2.24) is 0 Å². The van der Waals surface area contributed by atoms with E-state index in [1.807, 2.05) is 6.92 Å². The minimum absolute atomic E-state index is 0.0725. The van der Waals surface area contributed by atoms with Crippen molar-refractivity contribution in [2.45, 2.75) is 75.3 Å². The summed E-state index contributed by atoms with van der Waals surface area (Å²) in [5.41, 5.74) is -2.65. The highest BCUT2D eigenvalue weighted by Gasteiger charge is 2.87. The summed E-state index contributed by atoms with van der Waals surface area (Å²) in [6.07, 6.45) is 3.92. The van der Waals surface area contributed by atoms with Crippen LogP contribution in [0, 0.1) is 34.5 Å². The molecule has 6 nitrogen and oxygen atoms in total. The number of ketones is 2. The average Bonchev–Trinajstić information content (AvgIpc) is 3.50. The Kier molecular flexibility index (Phi) is 2.95. The molecule has 0 bridgehead atoms. The fourth-order valence-corrected chi connectivity index (χ4v) is 8.90. The number of carbonyl (C=O) groups is 2. The van der Waals surface area contributed by atoms with E-state index in [0.29, 0.717) is 25.2 Å². The lowest BCUT2D eigenvalue weighted by Crippen LogP contribution is -2.63. The van der Waals surface area contributed by atoms with E-state index in [1.54, 1.807) is 0 Å². The Bertz CT molecular complexity index is 766. The molecule has 6 heteroatoms. The molecular formula is C21H28O6. The van der Waals surface area contributed by atoms with Crippen molar-refractivity contribution in [3.8, 4) is 0 Å². The molecule has 0 aromatic heterocycles. The Morgan fingerprint density at radius 1 is 1.26 bits per heavy atom. The maximum Gasteiger partial charge on any atom is 0.190 e. The lowest BCUT2D eigenvalue weighted by molar-refractivity contribution is -0.187. The highest BCUT2D eigenvalue weighted by Crippen LogP contribution is 2.82. The van der Waals surface area contributed by atoms with Crippen LogP contribution in [0.4, 0.5) is 0 Å². The third-order valence-electron chi connectivity index (χ3n) is 10.0. The van der Waals surface area contributed by atoms with Gasteiger partial charge in [0.25, 0.3) is 0 Å². The van der Waals surface area contributed by atoms with Gasteiger partial charge in [-0.2, -0.15) is 0 Å². The van der Waals surface area contributed by atoms with Gasteiger partial charge in [-0.25, -0.2) is 0 Å². The van der Waals surface area contributed by atoms with E-state index in [0.717, 1.165) is 25.7 Å². The highest BCUT2D eigenvalue weighted by atomic mass is 16.6. The van der Waals surface area contributed by atoms with Gasteiger partial charge in [0.05, 0.1) is 6.10 Å². The van der Waals surface area contributed by atoms with Crippen molar-refractivity contribution in [3.63, 3.8) is 0 Å². The number of ether oxygens (including phenoxy) is 1. The summed E-state index contributed by atoms with van der Waals surface area (Å²) in [7, 11) is 0. The van der Waals surface area contributed by atoms with Gasteiger partial charge in [0.15, 0.2) is 11.6 Å². The molecule has 0 amide bonds. The number of hydrogen-bond donors (Lipinski definition) is 3. The molecule has 10 atom stereocenters. The van der Waals surface area contributed by atoms with E-state index in [-0.39, 0.29) is 40.7 Å². The van der Waals surface area contributed by atoms with Gasteiger partial charge in [-0.05, 0) is 62.2 Å². The number of aliphatic hydroxyl groups is 3. The van der Waals surface area contributed by atoms with Crippen LogP contribution < -0.4 is 0 Å². The zero-order chi connectivity index (χ0) is 19.0. The van der Waals surface area contributed by atoms with E-state index in [4.69, 9.17) is 4.74 Å². The largest absolute Gasteiger partial charge is 0.393 e. The minimum atomic E-state index is -1.55. The highest BCUT2D eigenvalue weighted by molar-refractivity contribution is 5.90. The van der Waals surface area contributed by atoms with Gasteiger partial charge in [0.1, 0.15) is 23.9 Å². The van der Waals surface area contributed by atoms with E-state index < -0.39 is 29.5 Å². The summed E-state index contributed by atoms with van der Waals surface area (Å²) >= 11 is 0. The number of hydrogen-bond acceptors (Lipinski definition) is 6. The molecule has 6 rings (SSSR count). The van der Waals surface area contributed by atoms with Gasteiger partial charge in [-0.1, -0.05) is 6.92 Å². The zero-order valence-corrected chi connectivity index (χ0v) is 15.7. The second-order valence-electron chi connectivity index (χ2n) is 10.5. The molecule has 1 heterocycles. The SMILES string of the molecule is CC12C[C@H](O)C3C(CCC45OC4C(=O)C[C@@H]4CC345)C1CCC2(O)C(=O)CO. The smallest absolute Gasteiger partial charge is 0.190 e. The molecule has 148 valence electrons. The number of carbonyl (C=O) groups excluding carboxylic acids is 2. The summed E-state index contributed by atoms with van der Waals surface area (Å²) in [6.45, 7) is 1.28. The molecule has 27 heavy (non-hydrogen) atoms. The number of rotatable bonds is 2. The third-order valence-corrected chi connectivity index (χ3v) is 10.0. The second-order valence-corrected chi connectivity index (χ2v) is 10.5. The van der Waals surface area contributed by atoms with Crippen LogP contribution >= 0.6 is 0 Å². The van der Waals surface area contributed by atoms with Crippen molar-refractivity contribution < 1.29 is 29.6 Å². The van der Waals surface area contributed by atoms with Crippen LogP contribution in [0.3, 0.4) is 0 Å². The number of epoxide rings is 1. The molecule has 3 N–H and O–H groups in total. The molecule has 1 saturated heterocycles. The summed E-state index contributed by atoms with van der Waals surface area (Å²) in [6, 6.07) is 0. The second kappa shape index (κ2) is 4.66. The van der Waals surface area contributed by atoms with Crippen molar-refractivity contribution in [1.29, 1.82) is 0 Å². The average molecular weight is 376 g/mol. The molecular weight excluding hydrogens is 348 g/mol. The number of fused-ring (bicyclic) bond motifs is 3. The number of Topliss-reactive ketones (excluding diaryl/α,β-unsaturated/α-hetero) is 2. The van der Waals surface area contributed by atoms with E-state index in [9.17, 15) is 24.9 Å². The standard InChI is InChI=1S/C21H28O6/c1-18-8-14(24)16-11(12(18)3-4-20(18,26)15(25)9-22)2-5-21-17(27-21)13(23)6-10-7-19(10,16)21/h10-12,14,16-17,22,24,26H,2-9H2,1H3/t10-,11?,12?,14+,16?,17?,18?,19?,20?,21?/m1/s1.